The molecule has 0 spiro atoms. The van der Waals surface area contributed by atoms with Crippen molar-refractivity contribution in [2.24, 2.45) is 4.99 Å². The minimum absolute atomic E-state index is 0.363. The van der Waals surface area contributed by atoms with Gasteiger partial charge >= 0.3 is 0 Å². The maximum absolute atomic E-state index is 5.37. The number of nitrogens with one attached hydrogen (secondary N) is 2. The summed E-state index contributed by atoms with van der Waals surface area (Å²) >= 11 is 0. The van der Waals surface area contributed by atoms with Crippen molar-refractivity contribution in [1.29, 1.82) is 0 Å². The van der Waals surface area contributed by atoms with E-state index in [0.717, 1.165) is 43.5 Å². The summed E-state index contributed by atoms with van der Waals surface area (Å²) in [5, 5.41) is 10.8. The van der Waals surface area contributed by atoms with Gasteiger partial charge in [-0.15, -0.1) is 0 Å². The molecule has 1 aromatic heterocycles. The lowest BCUT2D eigenvalue weighted by Gasteiger charge is -2.25. The van der Waals surface area contributed by atoms with Crippen LogP contribution >= 0.6 is 0 Å². The lowest BCUT2D eigenvalue weighted by atomic mass is 10.1. The third-order valence-corrected chi connectivity index (χ3v) is 4.79. The molecular weight excluding hydrogens is 350 g/mol. The first-order chi connectivity index (χ1) is 13.5. The van der Waals surface area contributed by atoms with Gasteiger partial charge in [0, 0.05) is 31.7 Å². The Hall–Kier alpha value is -2.34. The molecule has 2 rings (SSSR count). The van der Waals surface area contributed by atoms with E-state index in [0.29, 0.717) is 18.5 Å². The third kappa shape index (κ3) is 7.35. The smallest absolute Gasteiger partial charge is 0.191 e. The van der Waals surface area contributed by atoms with Crippen molar-refractivity contribution < 1.29 is 4.52 Å². The first-order valence-electron chi connectivity index (χ1n) is 10.2. The number of benzene rings is 1. The summed E-state index contributed by atoms with van der Waals surface area (Å²) in [5.74, 6) is 1.96. The average Bonchev–Trinajstić information content (AvgIpc) is 3.16. The van der Waals surface area contributed by atoms with E-state index in [1.54, 1.807) is 0 Å². The molecule has 2 N–H and O–H groups in total. The molecule has 0 saturated carbocycles. The molecule has 0 aliphatic rings. The van der Waals surface area contributed by atoms with E-state index in [2.05, 4.69) is 90.8 Å². The first kappa shape index (κ1) is 22.0. The molecule has 1 aromatic carbocycles. The van der Waals surface area contributed by atoms with Gasteiger partial charge in [-0.2, -0.15) is 0 Å². The highest BCUT2D eigenvalue weighted by Gasteiger charge is 2.10. The largest absolute Gasteiger partial charge is 0.359 e. The van der Waals surface area contributed by atoms with Crippen LogP contribution in [-0.4, -0.2) is 42.2 Å². The van der Waals surface area contributed by atoms with Crippen molar-refractivity contribution in [3.05, 3.63) is 53.4 Å². The Labute approximate surface area is 169 Å². The monoisotopic (exact) mass is 385 g/mol. The quantitative estimate of drug-likeness (QED) is 0.481. The molecule has 1 unspecified atom stereocenters. The van der Waals surface area contributed by atoms with E-state index in [9.17, 15) is 0 Å². The van der Waals surface area contributed by atoms with E-state index in [-0.39, 0.29) is 0 Å². The predicted octanol–water partition coefficient (Wildman–Crippen LogP) is 3.76. The zero-order chi connectivity index (χ0) is 20.4. The highest BCUT2D eigenvalue weighted by molar-refractivity contribution is 5.79. The second-order valence-corrected chi connectivity index (χ2v) is 7.53. The molecule has 0 fully saturated rings. The fourth-order valence-corrected chi connectivity index (χ4v) is 2.82. The molecule has 0 aliphatic heterocycles. The number of nitrogens with zero attached hydrogens (tertiary/aromatic N) is 3. The van der Waals surface area contributed by atoms with Crippen LogP contribution in [0.1, 0.15) is 57.1 Å². The van der Waals surface area contributed by atoms with Crippen molar-refractivity contribution in [3.63, 3.8) is 0 Å². The van der Waals surface area contributed by atoms with Gasteiger partial charge in [0.05, 0.1) is 5.69 Å². The van der Waals surface area contributed by atoms with Crippen molar-refractivity contribution >= 4 is 5.96 Å². The van der Waals surface area contributed by atoms with Gasteiger partial charge in [0.1, 0.15) is 6.54 Å². The van der Waals surface area contributed by atoms with Gasteiger partial charge in [-0.1, -0.05) is 49.3 Å². The molecule has 154 valence electrons. The standard InChI is InChI=1S/C22H35N5O/c1-6-23-22(25-15-20-14-21(17(2)3)26-28-20)24-13-12-18(4)27(5)16-19-10-8-7-9-11-19/h7-11,14,17-18H,6,12-13,15-16H2,1-5H3,(H2,23,24,25). The van der Waals surface area contributed by atoms with Gasteiger partial charge in [0.15, 0.2) is 11.7 Å². The zero-order valence-corrected chi connectivity index (χ0v) is 17.9. The van der Waals surface area contributed by atoms with Crippen LogP contribution in [-0.2, 0) is 13.1 Å². The number of hydrogen-bond acceptors (Lipinski definition) is 4. The molecule has 1 heterocycles. The summed E-state index contributed by atoms with van der Waals surface area (Å²) in [7, 11) is 2.17. The fraction of sp³-hybridized carbons (Fsp3) is 0.545. The number of rotatable bonds is 10. The molecule has 28 heavy (non-hydrogen) atoms. The Morgan fingerprint density at radius 1 is 1.18 bits per heavy atom. The SMILES string of the molecule is CCNC(=NCc1cc(C(C)C)no1)NCCC(C)N(C)Cc1ccccc1. The molecule has 2 aromatic rings. The minimum atomic E-state index is 0.363. The van der Waals surface area contributed by atoms with Crippen LogP contribution in [0, 0.1) is 0 Å². The Morgan fingerprint density at radius 2 is 1.93 bits per heavy atom. The van der Waals surface area contributed by atoms with Gasteiger partial charge in [-0.25, -0.2) is 4.99 Å². The highest BCUT2D eigenvalue weighted by Crippen LogP contribution is 2.14. The molecule has 6 heteroatoms. The molecule has 6 nitrogen and oxygen atoms in total. The van der Waals surface area contributed by atoms with Crippen LogP contribution in [0.5, 0.6) is 0 Å². The van der Waals surface area contributed by atoms with Crippen LogP contribution < -0.4 is 10.6 Å². The Balaban J connectivity index is 1.79. The van der Waals surface area contributed by atoms with Gasteiger partial charge in [0.2, 0.25) is 0 Å². The number of guanidine groups is 1. The van der Waals surface area contributed by atoms with Crippen LogP contribution in [0.25, 0.3) is 0 Å². The molecular formula is C22H35N5O. The second kappa shape index (κ2) is 11.5. The van der Waals surface area contributed by atoms with Crippen molar-refractivity contribution in [2.75, 3.05) is 20.1 Å². The van der Waals surface area contributed by atoms with Crippen molar-refractivity contribution in [2.45, 2.75) is 59.2 Å². The summed E-state index contributed by atoms with van der Waals surface area (Å²) in [6, 6.07) is 13.0. The number of hydrogen-bond donors (Lipinski definition) is 2. The Bertz CT molecular complexity index is 711. The van der Waals surface area contributed by atoms with Crippen LogP contribution in [0.15, 0.2) is 45.9 Å². The van der Waals surface area contributed by atoms with Crippen LogP contribution in [0.2, 0.25) is 0 Å². The van der Waals surface area contributed by atoms with Gasteiger partial charge in [-0.3, -0.25) is 4.90 Å². The van der Waals surface area contributed by atoms with Crippen molar-refractivity contribution in [1.82, 2.24) is 20.7 Å². The maximum atomic E-state index is 5.37. The summed E-state index contributed by atoms with van der Waals surface area (Å²) in [6.07, 6.45) is 1.04. The molecule has 0 saturated heterocycles. The summed E-state index contributed by atoms with van der Waals surface area (Å²) in [4.78, 5) is 6.99. The lowest BCUT2D eigenvalue weighted by molar-refractivity contribution is 0.238. The van der Waals surface area contributed by atoms with Gasteiger partial charge in [0.25, 0.3) is 0 Å². The second-order valence-electron chi connectivity index (χ2n) is 7.53. The first-order valence-corrected chi connectivity index (χ1v) is 10.2. The zero-order valence-electron chi connectivity index (χ0n) is 17.9. The summed E-state index contributed by atoms with van der Waals surface area (Å²) < 4.78 is 5.37. The Morgan fingerprint density at radius 3 is 2.57 bits per heavy atom. The molecule has 0 bridgehead atoms. The normalized spacial score (nSPS) is 13.2. The summed E-state index contributed by atoms with van der Waals surface area (Å²) in [6.45, 7) is 11.7. The summed E-state index contributed by atoms with van der Waals surface area (Å²) in [5.41, 5.74) is 2.31. The van der Waals surface area contributed by atoms with E-state index in [1.807, 2.05) is 6.07 Å². The minimum Gasteiger partial charge on any atom is -0.359 e. The van der Waals surface area contributed by atoms with Gasteiger partial charge in [-0.05, 0) is 38.8 Å². The lowest BCUT2D eigenvalue weighted by Crippen LogP contribution is -2.40. The highest BCUT2D eigenvalue weighted by atomic mass is 16.5. The average molecular weight is 386 g/mol. The molecule has 0 amide bonds. The van der Waals surface area contributed by atoms with Crippen LogP contribution in [0.4, 0.5) is 0 Å². The molecule has 0 aliphatic carbocycles. The van der Waals surface area contributed by atoms with Crippen LogP contribution in [0.3, 0.4) is 0 Å². The van der Waals surface area contributed by atoms with E-state index in [1.165, 1.54) is 5.56 Å². The molecule has 0 radical (unpaired) electrons. The maximum Gasteiger partial charge on any atom is 0.191 e. The topological polar surface area (TPSA) is 65.7 Å². The predicted molar refractivity (Wildman–Crippen MR) is 115 cm³/mol. The van der Waals surface area contributed by atoms with E-state index >= 15 is 0 Å². The number of aromatic nitrogens is 1. The fourth-order valence-electron chi connectivity index (χ4n) is 2.82. The van der Waals surface area contributed by atoms with E-state index < -0.39 is 0 Å². The Kier molecular flexibility index (Phi) is 9.01. The van der Waals surface area contributed by atoms with Gasteiger partial charge < -0.3 is 15.2 Å². The third-order valence-electron chi connectivity index (χ3n) is 4.79. The molecule has 1 atom stereocenters. The van der Waals surface area contributed by atoms with Crippen molar-refractivity contribution in [3.8, 4) is 0 Å². The number of aliphatic imine (C=N–C) groups is 1. The van der Waals surface area contributed by atoms with E-state index in [4.69, 9.17) is 4.52 Å².